The lowest BCUT2D eigenvalue weighted by molar-refractivity contribution is -0.137. The maximum Gasteiger partial charge on any atom is 0.303 e. The highest BCUT2D eigenvalue weighted by Gasteiger charge is 2.32. The zero-order valence-corrected chi connectivity index (χ0v) is 15.2. The van der Waals surface area contributed by atoms with Gasteiger partial charge in [0.15, 0.2) is 0 Å². The second-order valence-electron chi connectivity index (χ2n) is 7.38. The van der Waals surface area contributed by atoms with Crippen molar-refractivity contribution in [3.05, 3.63) is 12.2 Å². The van der Waals surface area contributed by atoms with Crippen molar-refractivity contribution < 1.29 is 20.1 Å². The first-order valence-electron chi connectivity index (χ1n) is 9.75. The summed E-state index contributed by atoms with van der Waals surface area (Å²) in [6.45, 7) is 1.84. The first-order valence-corrected chi connectivity index (χ1v) is 9.75. The van der Waals surface area contributed by atoms with E-state index < -0.39 is 5.97 Å². The molecular weight excluding hydrogens is 304 g/mol. The number of carbonyl (C=O) groups is 1. The molecule has 2 unspecified atom stereocenters. The normalized spacial score (nSPS) is 25.4. The Balaban J connectivity index is 2.18. The molecule has 4 nitrogen and oxygen atoms in total. The van der Waals surface area contributed by atoms with E-state index in [9.17, 15) is 15.0 Å². The van der Waals surface area contributed by atoms with Crippen LogP contribution in [0, 0.1) is 11.8 Å². The van der Waals surface area contributed by atoms with Gasteiger partial charge in [-0.05, 0) is 63.7 Å². The lowest BCUT2D eigenvalue weighted by atomic mass is 9.88. The highest BCUT2D eigenvalue weighted by atomic mass is 16.4. The molecule has 0 bridgehead atoms. The molecule has 3 N–H and O–H groups in total. The van der Waals surface area contributed by atoms with Crippen LogP contribution < -0.4 is 0 Å². The summed E-state index contributed by atoms with van der Waals surface area (Å²) in [7, 11) is 0. The predicted octanol–water partition coefficient (Wildman–Crippen LogP) is 4.30. The maximum absolute atomic E-state index is 10.5. The average molecular weight is 341 g/mol. The Morgan fingerprint density at radius 3 is 2.58 bits per heavy atom. The van der Waals surface area contributed by atoms with Gasteiger partial charge in [0, 0.05) is 6.42 Å². The lowest BCUT2D eigenvalue weighted by Gasteiger charge is -2.19. The molecule has 0 aliphatic heterocycles. The summed E-state index contributed by atoms with van der Waals surface area (Å²) >= 11 is 0. The Morgan fingerprint density at radius 2 is 1.88 bits per heavy atom. The Morgan fingerprint density at radius 1 is 1.12 bits per heavy atom. The van der Waals surface area contributed by atoms with Crippen LogP contribution in [0.15, 0.2) is 12.2 Å². The highest BCUT2D eigenvalue weighted by molar-refractivity contribution is 5.66. The number of hydrogen-bond donors (Lipinski definition) is 3. The van der Waals surface area contributed by atoms with Gasteiger partial charge in [-0.2, -0.15) is 0 Å². The monoisotopic (exact) mass is 340 g/mol. The van der Waals surface area contributed by atoms with E-state index in [2.05, 4.69) is 12.2 Å². The van der Waals surface area contributed by atoms with E-state index in [1.807, 2.05) is 6.92 Å². The summed E-state index contributed by atoms with van der Waals surface area (Å²) in [5.74, 6) is 0.161. The van der Waals surface area contributed by atoms with Crippen molar-refractivity contribution in [3.8, 4) is 0 Å². The molecule has 4 heteroatoms. The molecule has 4 atom stereocenters. The van der Waals surface area contributed by atoms with Crippen LogP contribution in [0.2, 0.25) is 0 Å². The zero-order valence-electron chi connectivity index (χ0n) is 15.2. The Hall–Kier alpha value is -0.870. The van der Waals surface area contributed by atoms with Crippen LogP contribution in [0.25, 0.3) is 0 Å². The van der Waals surface area contributed by atoms with Gasteiger partial charge >= 0.3 is 5.97 Å². The molecule has 0 saturated heterocycles. The summed E-state index contributed by atoms with van der Waals surface area (Å²) < 4.78 is 0. The molecule has 0 aromatic heterocycles. The molecule has 1 fully saturated rings. The third-order valence-electron chi connectivity index (χ3n) is 5.14. The Bertz CT molecular complexity index is 365. The number of unbranched alkanes of at least 4 members (excludes halogenated alkanes) is 5. The van der Waals surface area contributed by atoms with Gasteiger partial charge in [0.25, 0.3) is 0 Å². The van der Waals surface area contributed by atoms with E-state index in [1.54, 1.807) is 0 Å². The van der Waals surface area contributed by atoms with E-state index in [-0.39, 0.29) is 18.6 Å². The first-order chi connectivity index (χ1) is 11.5. The number of aliphatic carboxylic acids is 1. The van der Waals surface area contributed by atoms with Crippen molar-refractivity contribution in [2.24, 2.45) is 11.8 Å². The van der Waals surface area contributed by atoms with Crippen molar-refractivity contribution in [2.75, 3.05) is 0 Å². The molecule has 1 aliphatic rings. The minimum Gasteiger partial charge on any atom is -0.481 e. The van der Waals surface area contributed by atoms with Crippen LogP contribution in [-0.4, -0.2) is 33.5 Å². The van der Waals surface area contributed by atoms with Crippen LogP contribution in [0.1, 0.15) is 84.0 Å². The van der Waals surface area contributed by atoms with E-state index in [1.165, 1.54) is 0 Å². The summed E-state index contributed by atoms with van der Waals surface area (Å²) in [5.41, 5.74) is 0. The number of aliphatic hydroxyl groups is 2. The van der Waals surface area contributed by atoms with Crippen LogP contribution in [0.4, 0.5) is 0 Å². The number of aliphatic hydroxyl groups excluding tert-OH is 2. The van der Waals surface area contributed by atoms with E-state index in [4.69, 9.17) is 5.11 Å². The van der Waals surface area contributed by atoms with Gasteiger partial charge in [0.2, 0.25) is 0 Å². The number of carboxylic acids is 1. The number of allylic oxidation sites excluding steroid dienone is 2. The van der Waals surface area contributed by atoms with Crippen molar-refractivity contribution >= 4 is 5.97 Å². The maximum atomic E-state index is 10.5. The molecule has 1 aliphatic carbocycles. The SMILES string of the molecule is CC(O)CCCC/C=C/[C@H]1CCC(O)[C@@H]1CCCCCCC(=O)O. The molecule has 0 spiro atoms. The molecule has 24 heavy (non-hydrogen) atoms. The summed E-state index contributed by atoms with van der Waals surface area (Å²) in [5, 5.41) is 28.1. The Kier molecular flexibility index (Phi) is 11.0. The molecular formula is C20H36O4. The topological polar surface area (TPSA) is 77.8 Å². The largest absolute Gasteiger partial charge is 0.481 e. The Labute approximate surface area is 147 Å². The molecule has 1 rings (SSSR count). The summed E-state index contributed by atoms with van der Waals surface area (Å²) in [4.78, 5) is 10.5. The fourth-order valence-corrected chi connectivity index (χ4v) is 3.70. The molecule has 0 amide bonds. The van der Waals surface area contributed by atoms with Crippen LogP contribution in [0.3, 0.4) is 0 Å². The molecule has 140 valence electrons. The van der Waals surface area contributed by atoms with Crippen LogP contribution in [0.5, 0.6) is 0 Å². The number of rotatable bonds is 13. The van der Waals surface area contributed by atoms with Crippen molar-refractivity contribution in [3.63, 3.8) is 0 Å². The molecule has 0 heterocycles. The van der Waals surface area contributed by atoms with Gasteiger partial charge in [-0.15, -0.1) is 0 Å². The predicted molar refractivity (Wildman–Crippen MR) is 96.8 cm³/mol. The molecule has 0 aromatic rings. The second kappa shape index (κ2) is 12.5. The number of hydrogen-bond acceptors (Lipinski definition) is 3. The van der Waals surface area contributed by atoms with Crippen molar-refractivity contribution in [1.82, 2.24) is 0 Å². The molecule has 0 radical (unpaired) electrons. The van der Waals surface area contributed by atoms with Crippen LogP contribution in [-0.2, 0) is 4.79 Å². The van der Waals surface area contributed by atoms with Gasteiger partial charge < -0.3 is 15.3 Å². The standard InChI is InChI=1S/C20H36O4/c1-16(21)10-6-2-3-7-11-17-14-15-19(22)18(17)12-8-4-5-9-13-20(23)24/h7,11,16-19,21-22H,2-6,8-10,12-15H2,1H3,(H,23,24)/b11-7+/t16?,17-,18+,19?/m0/s1. The fourth-order valence-electron chi connectivity index (χ4n) is 3.70. The van der Waals surface area contributed by atoms with E-state index >= 15 is 0 Å². The van der Waals surface area contributed by atoms with Crippen molar-refractivity contribution in [2.45, 2.75) is 96.2 Å². The quantitative estimate of drug-likeness (QED) is 0.345. The summed E-state index contributed by atoms with van der Waals surface area (Å²) in [6.07, 6.45) is 15.5. The van der Waals surface area contributed by atoms with Gasteiger partial charge in [-0.3, -0.25) is 4.79 Å². The van der Waals surface area contributed by atoms with Gasteiger partial charge in [-0.1, -0.05) is 37.8 Å². The zero-order chi connectivity index (χ0) is 17.8. The summed E-state index contributed by atoms with van der Waals surface area (Å²) in [6, 6.07) is 0. The average Bonchev–Trinajstić information content (AvgIpc) is 2.86. The van der Waals surface area contributed by atoms with Crippen LogP contribution >= 0.6 is 0 Å². The number of carboxylic acid groups (broad SMARTS) is 1. The highest BCUT2D eigenvalue weighted by Crippen LogP contribution is 2.36. The van der Waals surface area contributed by atoms with Gasteiger partial charge in [-0.25, -0.2) is 0 Å². The molecule has 0 aromatic carbocycles. The third-order valence-corrected chi connectivity index (χ3v) is 5.14. The minimum atomic E-state index is -0.708. The lowest BCUT2D eigenvalue weighted by Crippen LogP contribution is -2.18. The van der Waals surface area contributed by atoms with E-state index in [0.717, 1.165) is 70.6 Å². The third kappa shape index (κ3) is 9.43. The smallest absolute Gasteiger partial charge is 0.303 e. The molecule has 1 saturated carbocycles. The first kappa shape index (κ1) is 21.2. The fraction of sp³-hybridized carbons (Fsp3) is 0.850. The van der Waals surface area contributed by atoms with Gasteiger partial charge in [0.1, 0.15) is 0 Å². The van der Waals surface area contributed by atoms with Crippen molar-refractivity contribution in [1.29, 1.82) is 0 Å². The minimum absolute atomic E-state index is 0.172. The van der Waals surface area contributed by atoms with Gasteiger partial charge in [0.05, 0.1) is 12.2 Å². The second-order valence-corrected chi connectivity index (χ2v) is 7.38. The van der Waals surface area contributed by atoms with E-state index in [0.29, 0.717) is 11.8 Å².